The van der Waals surface area contributed by atoms with Crippen LogP contribution in [-0.4, -0.2) is 109 Å². The first-order chi connectivity index (χ1) is 20.4. The van der Waals surface area contributed by atoms with Crippen molar-refractivity contribution in [2.24, 2.45) is 11.8 Å². The Labute approximate surface area is 247 Å². The number of carbonyl (C=O) groups excluding carboxylic acids is 1. The number of benzene rings is 2. The summed E-state index contributed by atoms with van der Waals surface area (Å²) in [6, 6.07) is 7.22. The van der Waals surface area contributed by atoms with Gasteiger partial charge >= 0.3 is 0 Å². The number of fused-ring (bicyclic) bond motifs is 1. The zero-order valence-corrected chi connectivity index (χ0v) is 23.7. The number of ether oxygens (including phenoxy) is 4. The lowest BCUT2D eigenvalue weighted by Gasteiger charge is -2.43. The fourth-order valence-corrected chi connectivity index (χ4v) is 6.15. The van der Waals surface area contributed by atoms with Gasteiger partial charge in [-0.25, -0.2) is 0 Å². The van der Waals surface area contributed by atoms with E-state index < -0.39 is 72.4 Å². The maximum Gasteiger partial charge on any atom is 0.174 e. The van der Waals surface area contributed by atoms with Gasteiger partial charge in [0.1, 0.15) is 53.3 Å². The number of methoxy groups -OCH3 is 1. The number of rotatable bonds is 7. The van der Waals surface area contributed by atoms with Gasteiger partial charge in [-0.1, -0.05) is 13.0 Å². The summed E-state index contributed by atoms with van der Waals surface area (Å²) in [5.74, 6) is -1.87. The Morgan fingerprint density at radius 1 is 0.860 bits per heavy atom. The Morgan fingerprint density at radius 2 is 1.60 bits per heavy atom. The van der Waals surface area contributed by atoms with Crippen LogP contribution in [0.15, 0.2) is 30.3 Å². The van der Waals surface area contributed by atoms with E-state index in [0.29, 0.717) is 5.56 Å². The number of hydrogen-bond donors (Lipinski definition) is 8. The van der Waals surface area contributed by atoms with Crippen LogP contribution in [0.5, 0.6) is 28.7 Å². The summed E-state index contributed by atoms with van der Waals surface area (Å²) >= 11 is 0. The Bertz CT molecular complexity index is 1320. The average molecular weight is 607 g/mol. The molecule has 236 valence electrons. The number of Topliss-reactive ketones (excluding diaryl/α,β-unsaturated/α-hetero) is 1. The van der Waals surface area contributed by atoms with E-state index in [0.717, 1.165) is 0 Å². The monoisotopic (exact) mass is 606 g/mol. The number of aliphatic hydroxyl groups is 6. The van der Waals surface area contributed by atoms with Crippen molar-refractivity contribution in [3.8, 4) is 28.7 Å². The molecular weight excluding hydrogens is 568 g/mol. The van der Waals surface area contributed by atoms with E-state index in [1.54, 1.807) is 13.0 Å². The lowest BCUT2D eigenvalue weighted by Crippen LogP contribution is -2.57. The number of aromatic hydroxyl groups is 2. The van der Waals surface area contributed by atoms with Crippen molar-refractivity contribution in [1.82, 2.24) is 0 Å². The number of hydrogen-bond acceptors (Lipinski definition) is 13. The van der Waals surface area contributed by atoms with Crippen molar-refractivity contribution in [2.75, 3.05) is 13.7 Å². The second-order valence-corrected chi connectivity index (χ2v) is 11.6. The van der Waals surface area contributed by atoms with Crippen LogP contribution in [0.1, 0.15) is 48.2 Å². The second-order valence-electron chi connectivity index (χ2n) is 11.6. The summed E-state index contributed by atoms with van der Waals surface area (Å²) in [6.07, 6.45) is -10.8. The largest absolute Gasteiger partial charge is 0.507 e. The number of aliphatic hydroxyl groups excluding tert-OH is 6. The quantitative estimate of drug-likeness (QED) is 0.211. The van der Waals surface area contributed by atoms with E-state index in [4.69, 9.17) is 18.9 Å². The first-order valence-electron chi connectivity index (χ1n) is 14.2. The highest BCUT2D eigenvalue weighted by molar-refractivity contribution is 6.02. The molecule has 2 saturated carbocycles. The van der Waals surface area contributed by atoms with Crippen molar-refractivity contribution >= 4 is 5.78 Å². The molecule has 2 aliphatic carbocycles. The van der Waals surface area contributed by atoms with Crippen LogP contribution in [0.2, 0.25) is 0 Å². The maximum atomic E-state index is 13.0. The van der Waals surface area contributed by atoms with Crippen LogP contribution in [0, 0.1) is 11.8 Å². The van der Waals surface area contributed by atoms with Gasteiger partial charge in [0, 0.05) is 24.5 Å². The minimum atomic E-state index is -1.50. The molecule has 1 heterocycles. The molecule has 3 aliphatic rings. The highest BCUT2D eigenvalue weighted by Gasteiger charge is 2.47. The number of carbonyl (C=O) groups is 1. The van der Waals surface area contributed by atoms with Crippen molar-refractivity contribution in [3.05, 3.63) is 41.5 Å². The van der Waals surface area contributed by atoms with Gasteiger partial charge in [-0.15, -0.1) is 0 Å². The summed E-state index contributed by atoms with van der Waals surface area (Å²) in [7, 11) is 1.41. The molecule has 13 nitrogen and oxygen atoms in total. The molecule has 13 heteroatoms. The first-order valence-corrected chi connectivity index (χ1v) is 14.2. The molecule has 0 amide bonds. The molecular formula is C30H38O13. The molecule has 0 aromatic heterocycles. The van der Waals surface area contributed by atoms with Crippen molar-refractivity contribution in [2.45, 2.75) is 81.1 Å². The lowest BCUT2D eigenvalue weighted by molar-refractivity contribution is -0.195. The summed E-state index contributed by atoms with van der Waals surface area (Å²) in [6.45, 7) is 1.47. The topological polar surface area (TPSA) is 216 Å². The Balaban J connectivity index is 1.36. The first kappa shape index (κ1) is 31.3. The van der Waals surface area contributed by atoms with E-state index in [1.807, 2.05) is 0 Å². The molecule has 2 aromatic rings. The fraction of sp³-hybridized carbons (Fsp3) is 0.567. The van der Waals surface area contributed by atoms with Gasteiger partial charge in [-0.05, 0) is 30.0 Å². The minimum Gasteiger partial charge on any atom is -0.507 e. The molecule has 0 spiro atoms. The van der Waals surface area contributed by atoms with E-state index >= 15 is 0 Å². The van der Waals surface area contributed by atoms with Crippen LogP contribution in [0.3, 0.4) is 0 Å². The Hall–Kier alpha value is -3.17. The molecule has 5 unspecified atom stereocenters. The SMILES string of the molecule is COc1ccc([C@@H]2CC(=O)c3c(O)cc(OC4CC(O)[C@H](O)[C@H](O)C4CO[C@@H]4CC(C)[C@H](O)[C@H](O)C4O)cc3O2)cc1O. The molecule has 5 rings (SSSR count). The Kier molecular flexibility index (Phi) is 9.05. The number of phenolic OH excluding ortho intramolecular Hbond substituents is 2. The highest BCUT2D eigenvalue weighted by Crippen LogP contribution is 2.44. The molecule has 0 radical (unpaired) electrons. The zero-order valence-electron chi connectivity index (χ0n) is 23.7. The van der Waals surface area contributed by atoms with Gasteiger partial charge in [0.05, 0.1) is 44.6 Å². The van der Waals surface area contributed by atoms with Gasteiger partial charge in [-0.3, -0.25) is 4.79 Å². The van der Waals surface area contributed by atoms with Crippen LogP contribution in [0.25, 0.3) is 0 Å². The maximum absolute atomic E-state index is 13.0. The summed E-state index contributed by atoms with van der Waals surface area (Å²) in [5, 5.41) is 83.1. The molecule has 1 aliphatic heterocycles. The van der Waals surface area contributed by atoms with Crippen LogP contribution < -0.4 is 14.2 Å². The van der Waals surface area contributed by atoms with Gasteiger partial charge in [-0.2, -0.15) is 0 Å². The lowest BCUT2D eigenvalue weighted by atomic mass is 9.80. The molecule has 11 atom stereocenters. The predicted octanol–water partition coefficient (Wildman–Crippen LogP) is 0.171. The zero-order chi connectivity index (χ0) is 31.2. The summed E-state index contributed by atoms with van der Waals surface area (Å²) in [5.41, 5.74) is 0.464. The number of phenols is 2. The fourth-order valence-electron chi connectivity index (χ4n) is 6.15. The highest BCUT2D eigenvalue weighted by atomic mass is 16.5. The standard InChI is InChI=1S/C30H38O13/c1-12-5-24(29(38)30(39)26(12)35)41-11-15-22(10-19(34)28(37)27(15)36)42-14-7-17(32)25-18(33)9-21(43-23(25)8-14)13-3-4-20(40-2)16(31)6-13/h3-4,6-8,12,15,19,21-22,24,26-32,34-39H,5,9-11H2,1-2H3/t12?,15?,19?,21-,22?,24+,26-,27+,28-,29?,30-/m0/s1. The van der Waals surface area contributed by atoms with Crippen LogP contribution in [0.4, 0.5) is 0 Å². The molecule has 2 fully saturated rings. The predicted molar refractivity (Wildman–Crippen MR) is 147 cm³/mol. The third-order valence-electron chi connectivity index (χ3n) is 8.74. The molecule has 2 aromatic carbocycles. The minimum absolute atomic E-state index is 0.0307. The van der Waals surface area contributed by atoms with E-state index in [2.05, 4.69) is 0 Å². The second kappa shape index (κ2) is 12.4. The van der Waals surface area contributed by atoms with Gasteiger partial charge in [0.15, 0.2) is 17.3 Å². The normalized spacial score (nSPS) is 36.0. The van der Waals surface area contributed by atoms with E-state index in [9.17, 15) is 45.6 Å². The van der Waals surface area contributed by atoms with Gasteiger partial charge in [0.25, 0.3) is 0 Å². The van der Waals surface area contributed by atoms with Gasteiger partial charge in [0.2, 0.25) is 0 Å². The smallest absolute Gasteiger partial charge is 0.174 e. The van der Waals surface area contributed by atoms with Crippen molar-refractivity contribution < 1.29 is 64.6 Å². The van der Waals surface area contributed by atoms with Crippen LogP contribution in [-0.2, 0) is 4.74 Å². The van der Waals surface area contributed by atoms with Crippen molar-refractivity contribution in [1.29, 1.82) is 0 Å². The molecule has 8 N–H and O–H groups in total. The molecule has 0 saturated heterocycles. The third-order valence-corrected chi connectivity index (χ3v) is 8.74. The Morgan fingerprint density at radius 3 is 2.30 bits per heavy atom. The average Bonchev–Trinajstić information content (AvgIpc) is 2.96. The van der Waals surface area contributed by atoms with Crippen molar-refractivity contribution in [3.63, 3.8) is 0 Å². The van der Waals surface area contributed by atoms with Crippen LogP contribution >= 0.6 is 0 Å². The molecule has 0 bridgehead atoms. The summed E-state index contributed by atoms with van der Waals surface area (Å²) in [4.78, 5) is 13.0. The van der Waals surface area contributed by atoms with E-state index in [1.165, 1.54) is 31.4 Å². The summed E-state index contributed by atoms with van der Waals surface area (Å²) < 4.78 is 23.0. The van der Waals surface area contributed by atoms with E-state index in [-0.39, 0.29) is 60.3 Å². The third kappa shape index (κ3) is 6.11. The molecule has 43 heavy (non-hydrogen) atoms. The van der Waals surface area contributed by atoms with Gasteiger partial charge < -0.3 is 59.8 Å². The number of ketones is 1.